The number of rotatable bonds is 5. The molecule has 5 aromatic carbocycles. The first-order valence-electron chi connectivity index (χ1n) is 14.2. The van der Waals surface area contributed by atoms with Crippen LogP contribution in [0.2, 0.25) is 0 Å². The maximum absolute atomic E-state index is 6.94. The van der Waals surface area contributed by atoms with Gasteiger partial charge in [-0.15, -0.1) is 0 Å². The van der Waals surface area contributed by atoms with Gasteiger partial charge in [-0.05, 0) is 66.2 Å². The second-order valence-electron chi connectivity index (χ2n) is 10.7. The van der Waals surface area contributed by atoms with Crippen LogP contribution in [0.1, 0.15) is 11.7 Å². The van der Waals surface area contributed by atoms with Gasteiger partial charge in [0.1, 0.15) is 23.4 Å². The lowest BCUT2D eigenvalue weighted by Crippen LogP contribution is -2.41. The van der Waals surface area contributed by atoms with Gasteiger partial charge in [-0.1, -0.05) is 78.5 Å². The third-order valence-electron chi connectivity index (χ3n) is 7.75. The Morgan fingerprint density at radius 2 is 1.36 bits per heavy atom. The van der Waals surface area contributed by atoms with Gasteiger partial charge < -0.3 is 15.0 Å². The van der Waals surface area contributed by atoms with Crippen LogP contribution >= 0.6 is 11.8 Å². The predicted molar refractivity (Wildman–Crippen MR) is 175 cm³/mol. The molecule has 0 saturated heterocycles. The Morgan fingerprint density at radius 1 is 0.738 bits per heavy atom. The molecule has 2 aliphatic heterocycles. The zero-order valence-corrected chi connectivity index (χ0v) is 24.5. The first-order valence-corrected chi connectivity index (χ1v) is 15.0. The van der Waals surface area contributed by atoms with Crippen LogP contribution in [-0.2, 0) is 0 Å². The molecule has 2 atom stereocenters. The van der Waals surface area contributed by atoms with Gasteiger partial charge in [-0.3, -0.25) is 4.90 Å². The van der Waals surface area contributed by atoms with E-state index in [2.05, 4.69) is 126 Å². The van der Waals surface area contributed by atoms with Crippen LogP contribution in [0.3, 0.4) is 0 Å². The summed E-state index contributed by atoms with van der Waals surface area (Å²) in [6, 6.07) is 44.4. The Balaban J connectivity index is 1.42. The predicted octanol–water partition coefficient (Wildman–Crippen LogP) is 8.95. The molecule has 0 saturated carbocycles. The van der Waals surface area contributed by atoms with E-state index in [0.717, 1.165) is 45.6 Å². The molecule has 208 valence electrons. The summed E-state index contributed by atoms with van der Waals surface area (Å²) in [7, 11) is 4.13. The van der Waals surface area contributed by atoms with Crippen molar-refractivity contribution < 1.29 is 4.74 Å². The molecule has 5 nitrogen and oxygen atoms in total. The monoisotopic (exact) mass is 568 g/mol. The summed E-state index contributed by atoms with van der Waals surface area (Å²) < 4.78 is 6.94. The van der Waals surface area contributed by atoms with Gasteiger partial charge in [0.15, 0.2) is 0 Å². The standard InChI is InChI=1S/C36H32N4OS/c1-39(2)27-22-20-25(21-23-27)35-28(24-37-26-12-4-3-5-13-26)36(38-29-14-6-9-17-32(29)41-35)40-30-15-7-10-18-33(30)42-34-19-11-8-16-31(34)40/h3-23,28,35,37H,24H2,1-2H3. The number of aliphatic imine (C=N–C) groups is 1. The van der Waals surface area contributed by atoms with Gasteiger partial charge in [0, 0.05) is 41.8 Å². The minimum atomic E-state index is -0.284. The van der Waals surface area contributed by atoms with Gasteiger partial charge in [-0.2, -0.15) is 0 Å². The Kier molecular flexibility index (Phi) is 7.06. The lowest BCUT2D eigenvalue weighted by molar-refractivity contribution is 0.175. The van der Waals surface area contributed by atoms with Crippen LogP contribution < -0.4 is 19.9 Å². The van der Waals surface area contributed by atoms with Crippen molar-refractivity contribution in [1.29, 1.82) is 0 Å². The zero-order chi connectivity index (χ0) is 28.5. The third kappa shape index (κ3) is 4.99. The second kappa shape index (κ2) is 11.3. The quantitative estimate of drug-likeness (QED) is 0.229. The summed E-state index contributed by atoms with van der Waals surface area (Å²) in [6.07, 6.45) is -0.284. The smallest absolute Gasteiger partial charge is 0.145 e. The van der Waals surface area contributed by atoms with E-state index >= 15 is 0 Å². The molecule has 0 radical (unpaired) electrons. The van der Waals surface area contributed by atoms with E-state index in [4.69, 9.17) is 9.73 Å². The van der Waals surface area contributed by atoms with E-state index in [1.165, 1.54) is 9.79 Å². The molecule has 0 spiro atoms. The average Bonchev–Trinajstić information content (AvgIpc) is 3.20. The number of hydrogen-bond donors (Lipinski definition) is 1. The van der Waals surface area contributed by atoms with Crippen molar-refractivity contribution in [2.24, 2.45) is 10.9 Å². The van der Waals surface area contributed by atoms with Gasteiger partial charge >= 0.3 is 0 Å². The van der Waals surface area contributed by atoms with E-state index in [1.807, 2.05) is 30.3 Å². The fourth-order valence-electron chi connectivity index (χ4n) is 5.62. The normalized spacial score (nSPS) is 17.1. The highest BCUT2D eigenvalue weighted by atomic mass is 32.2. The summed E-state index contributed by atoms with van der Waals surface area (Å²) in [5, 5.41) is 3.71. The van der Waals surface area contributed by atoms with E-state index in [1.54, 1.807) is 11.8 Å². The maximum atomic E-state index is 6.94. The topological polar surface area (TPSA) is 40.1 Å². The molecule has 42 heavy (non-hydrogen) atoms. The molecule has 0 bridgehead atoms. The fourth-order valence-corrected chi connectivity index (χ4v) is 6.68. The molecule has 0 aromatic heterocycles. The van der Waals surface area contributed by atoms with E-state index in [-0.39, 0.29) is 12.0 Å². The van der Waals surface area contributed by atoms with Crippen molar-refractivity contribution in [3.05, 3.63) is 133 Å². The van der Waals surface area contributed by atoms with Gasteiger partial charge in [-0.25, -0.2) is 4.99 Å². The Hall–Kier alpha value is -4.68. The van der Waals surface area contributed by atoms with Crippen molar-refractivity contribution >= 4 is 46.0 Å². The molecule has 1 N–H and O–H groups in total. The number of ether oxygens (including phenoxy) is 1. The molecular weight excluding hydrogens is 536 g/mol. The molecule has 6 heteroatoms. The summed E-state index contributed by atoms with van der Waals surface area (Å²) in [4.78, 5) is 12.3. The molecule has 0 amide bonds. The Labute approximate surface area is 251 Å². The number of anilines is 4. The summed E-state index contributed by atoms with van der Waals surface area (Å²) in [6.45, 7) is 0.630. The minimum Gasteiger partial charge on any atom is -0.483 e. The van der Waals surface area contributed by atoms with Crippen molar-refractivity contribution in [2.75, 3.05) is 35.8 Å². The SMILES string of the molecule is CN(C)c1ccc(C2Oc3ccccc3N=C(N3c4ccccc4Sc4ccccc43)C2CNc2ccccc2)cc1. The number of benzene rings is 5. The highest BCUT2D eigenvalue weighted by Crippen LogP contribution is 2.50. The second-order valence-corrected chi connectivity index (χ2v) is 11.8. The highest BCUT2D eigenvalue weighted by Gasteiger charge is 2.39. The number of fused-ring (bicyclic) bond motifs is 3. The van der Waals surface area contributed by atoms with Crippen molar-refractivity contribution in [3.8, 4) is 5.75 Å². The third-order valence-corrected chi connectivity index (χ3v) is 8.88. The lowest BCUT2D eigenvalue weighted by Gasteiger charge is -2.38. The Bertz CT molecular complexity index is 1690. The molecule has 7 rings (SSSR count). The summed E-state index contributed by atoms with van der Waals surface area (Å²) >= 11 is 1.81. The molecule has 0 fully saturated rings. The van der Waals surface area contributed by atoms with E-state index in [9.17, 15) is 0 Å². The van der Waals surface area contributed by atoms with E-state index < -0.39 is 0 Å². The van der Waals surface area contributed by atoms with Crippen LogP contribution in [-0.4, -0.2) is 26.5 Å². The molecule has 0 aliphatic carbocycles. The van der Waals surface area contributed by atoms with Gasteiger partial charge in [0.25, 0.3) is 0 Å². The fraction of sp³-hybridized carbons (Fsp3) is 0.139. The number of amidine groups is 1. The van der Waals surface area contributed by atoms with Crippen LogP contribution in [0, 0.1) is 5.92 Å². The first kappa shape index (κ1) is 26.2. The number of nitrogens with zero attached hydrogens (tertiary/aromatic N) is 3. The van der Waals surface area contributed by atoms with Gasteiger partial charge in [0.05, 0.1) is 17.3 Å². The average molecular weight is 569 g/mol. The molecule has 2 aliphatic rings. The van der Waals surface area contributed by atoms with Crippen molar-refractivity contribution in [2.45, 2.75) is 15.9 Å². The van der Waals surface area contributed by atoms with Crippen LogP contribution in [0.25, 0.3) is 0 Å². The van der Waals surface area contributed by atoms with E-state index in [0.29, 0.717) is 6.54 Å². The number of para-hydroxylation sites is 5. The van der Waals surface area contributed by atoms with Crippen molar-refractivity contribution in [3.63, 3.8) is 0 Å². The number of nitrogens with one attached hydrogen (secondary N) is 1. The first-order chi connectivity index (χ1) is 20.7. The van der Waals surface area contributed by atoms with Gasteiger partial charge in [0.2, 0.25) is 0 Å². The summed E-state index contributed by atoms with van der Waals surface area (Å²) in [5.41, 5.74) is 6.42. The minimum absolute atomic E-state index is 0.132. The molecular formula is C36H32N4OS. The molecule has 5 aromatic rings. The molecule has 2 unspecified atom stereocenters. The number of hydrogen-bond acceptors (Lipinski definition) is 6. The summed E-state index contributed by atoms with van der Waals surface area (Å²) in [5.74, 6) is 1.60. The Morgan fingerprint density at radius 3 is 2.05 bits per heavy atom. The van der Waals surface area contributed by atoms with Crippen LogP contribution in [0.15, 0.2) is 142 Å². The molecule has 2 heterocycles. The van der Waals surface area contributed by atoms with Crippen molar-refractivity contribution in [1.82, 2.24) is 0 Å². The van der Waals surface area contributed by atoms with Crippen LogP contribution in [0.4, 0.5) is 28.4 Å². The van der Waals surface area contributed by atoms with Crippen LogP contribution in [0.5, 0.6) is 5.75 Å². The lowest BCUT2D eigenvalue weighted by atomic mass is 9.92. The zero-order valence-electron chi connectivity index (χ0n) is 23.6. The largest absolute Gasteiger partial charge is 0.483 e. The maximum Gasteiger partial charge on any atom is 0.145 e. The highest BCUT2D eigenvalue weighted by molar-refractivity contribution is 7.99.